The summed E-state index contributed by atoms with van der Waals surface area (Å²) in [5, 5.41) is 0. The molecule has 0 bridgehead atoms. The topological polar surface area (TPSA) is 29.3 Å². The fourth-order valence-corrected chi connectivity index (χ4v) is 4.03. The van der Waals surface area contributed by atoms with Crippen molar-refractivity contribution in [3.8, 4) is 0 Å². The van der Waals surface area contributed by atoms with Crippen molar-refractivity contribution in [3.63, 3.8) is 0 Å². The summed E-state index contributed by atoms with van der Waals surface area (Å²) >= 11 is 0. The quantitative estimate of drug-likeness (QED) is 0.710. The summed E-state index contributed by atoms with van der Waals surface area (Å²) in [5.74, 6) is 1.03. The van der Waals surface area contributed by atoms with Gasteiger partial charge in [-0.05, 0) is 69.5 Å². The molecule has 2 heteroatoms. The Morgan fingerprint density at radius 2 is 1.79 bits per heavy atom. The first kappa shape index (κ1) is 15.3. The van der Waals surface area contributed by atoms with Crippen LogP contribution in [-0.2, 0) is 0 Å². The first-order chi connectivity index (χ1) is 9.12. The normalized spacial score (nSPS) is 26.4. The van der Waals surface area contributed by atoms with Gasteiger partial charge in [-0.3, -0.25) is 0 Å². The van der Waals surface area contributed by atoms with Crippen molar-refractivity contribution in [1.29, 1.82) is 0 Å². The highest BCUT2D eigenvalue weighted by atomic mass is 15.2. The number of nitrogens with zero attached hydrogens (tertiary/aromatic N) is 1. The molecule has 19 heavy (non-hydrogen) atoms. The van der Waals surface area contributed by atoms with Crippen molar-refractivity contribution in [3.05, 3.63) is 0 Å². The van der Waals surface area contributed by atoms with E-state index in [1.807, 2.05) is 0 Å². The summed E-state index contributed by atoms with van der Waals surface area (Å²) in [7, 11) is 0. The van der Waals surface area contributed by atoms with Gasteiger partial charge in [-0.1, -0.05) is 33.1 Å². The van der Waals surface area contributed by atoms with Gasteiger partial charge in [0.2, 0.25) is 0 Å². The third-order valence-electron chi connectivity index (χ3n) is 5.46. The molecule has 2 N–H and O–H groups in total. The van der Waals surface area contributed by atoms with Crippen LogP contribution in [0.15, 0.2) is 0 Å². The second-order valence-corrected chi connectivity index (χ2v) is 7.62. The molecule has 1 unspecified atom stereocenters. The molecule has 0 amide bonds. The molecule has 2 fully saturated rings. The molecule has 1 saturated heterocycles. The standard InChI is InChI=1S/C17H34N2/c1-17(2,14-18)11-5-6-12-19-13-7-10-16(19)15-8-3-4-9-15/h15-16H,3-14,18H2,1-2H3. The predicted octanol–water partition coefficient (Wildman–Crippen LogP) is 3.80. The molecule has 0 aromatic heterocycles. The number of nitrogens with two attached hydrogens (primary N) is 1. The lowest BCUT2D eigenvalue weighted by atomic mass is 9.87. The maximum atomic E-state index is 5.81. The highest BCUT2D eigenvalue weighted by Crippen LogP contribution is 2.35. The van der Waals surface area contributed by atoms with Crippen LogP contribution in [0.25, 0.3) is 0 Å². The Morgan fingerprint density at radius 1 is 1.05 bits per heavy atom. The van der Waals surface area contributed by atoms with Gasteiger partial charge in [0.1, 0.15) is 0 Å². The second-order valence-electron chi connectivity index (χ2n) is 7.62. The van der Waals surface area contributed by atoms with E-state index in [-0.39, 0.29) is 0 Å². The zero-order chi connectivity index (χ0) is 13.7. The zero-order valence-electron chi connectivity index (χ0n) is 13.2. The Kier molecular flexibility index (Phi) is 5.70. The average Bonchev–Trinajstić information content (AvgIpc) is 3.05. The molecule has 2 nitrogen and oxygen atoms in total. The van der Waals surface area contributed by atoms with E-state index in [0.717, 1.165) is 18.5 Å². The minimum atomic E-state index is 0.343. The summed E-state index contributed by atoms with van der Waals surface area (Å²) < 4.78 is 0. The van der Waals surface area contributed by atoms with Gasteiger partial charge in [0.15, 0.2) is 0 Å². The van der Waals surface area contributed by atoms with E-state index in [2.05, 4.69) is 18.7 Å². The van der Waals surface area contributed by atoms with Gasteiger partial charge in [-0.2, -0.15) is 0 Å². The smallest absolute Gasteiger partial charge is 0.0124 e. The van der Waals surface area contributed by atoms with Crippen molar-refractivity contribution in [2.75, 3.05) is 19.6 Å². The van der Waals surface area contributed by atoms with Gasteiger partial charge in [0, 0.05) is 6.04 Å². The second kappa shape index (κ2) is 7.08. The van der Waals surface area contributed by atoms with Crippen molar-refractivity contribution in [2.24, 2.45) is 17.1 Å². The van der Waals surface area contributed by atoms with E-state index in [1.165, 1.54) is 70.9 Å². The minimum absolute atomic E-state index is 0.343. The molecule has 0 aromatic carbocycles. The van der Waals surface area contributed by atoms with Crippen LogP contribution in [0.2, 0.25) is 0 Å². The number of likely N-dealkylation sites (tertiary alicyclic amines) is 1. The van der Waals surface area contributed by atoms with E-state index < -0.39 is 0 Å². The van der Waals surface area contributed by atoms with Gasteiger partial charge in [0.05, 0.1) is 0 Å². The zero-order valence-corrected chi connectivity index (χ0v) is 13.2. The van der Waals surface area contributed by atoms with Gasteiger partial charge in [-0.15, -0.1) is 0 Å². The molecule has 0 radical (unpaired) electrons. The van der Waals surface area contributed by atoms with E-state index in [4.69, 9.17) is 5.73 Å². The highest BCUT2D eigenvalue weighted by Gasteiger charge is 2.32. The summed E-state index contributed by atoms with van der Waals surface area (Å²) in [6.07, 6.45) is 12.9. The van der Waals surface area contributed by atoms with Crippen molar-refractivity contribution in [1.82, 2.24) is 4.90 Å². The molecule has 2 aliphatic rings. The van der Waals surface area contributed by atoms with E-state index in [0.29, 0.717) is 5.41 Å². The molecule has 0 aromatic rings. The Morgan fingerprint density at radius 3 is 2.47 bits per heavy atom. The Bertz CT molecular complexity index is 256. The number of hydrogen-bond donors (Lipinski definition) is 1. The highest BCUT2D eigenvalue weighted by molar-refractivity contribution is 4.87. The van der Waals surface area contributed by atoms with Gasteiger partial charge < -0.3 is 10.6 Å². The van der Waals surface area contributed by atoms with Crippen LogP contribution in [-0.4, -0.2) is 30.6 Å². The molecule has 0 spiro atoms. The first-order valence-electron chi connectivity index (χ1n) is 8.56. The molecular formula is C17H34N2. The number of unbranched alkanes of at least 4 members (excludes halogenated alkanes) is 1. The molecule has 1 aliphatic carbocycles. The maximum absolute atomic E-state index is 5.81. The first-order valence-corrected chi connectivity index (χ1v) is 8.56. The largest absolute Gasteiger partial charge is 0.330 e. The van der Waals surface area contributed by atoms with Crippen molar-refractivity contribution >= 4 is 0 Å². The van der Waals surface area contributed by atoms with E-state index >= 15 is 0 Å². The number of rotatable bonds is 7. The Labute approximate surface area is 120 Å². The number of hydrogen-bond acceptors (Lipinski definition) is 2. The van der Waals surface area contributed by atoms with Crippen molar-refractivity contribution < 1.29 is 0 Å². The van der Waals surface area contributed by atoms with Crippen LogP contribution >= 0.6 is 0 Å². The molecule has 1 aliphatic heterocycles. The molecule has 1 heterocycles. The monoisotopic (exact) mass is 266 g/mol. The molecule has 2 rings (SSSR count). The third-order valence-corrected chi connectivity index (χ3v) is 5.46. The van der Waals surface area contributed by atoms with E-state index in [9.17, 15) is 0 Å². The summed E-state index contributed by atoms with van der Waals surface area (Å²) in [6.45, 7) is 8.11. The molecule has 112 valence electrons. The van der Waals surface area contributed by atoms with Crippen molar-refractivity contribution in [2.45, 2.75) is 77.7 Å². The van der Waals surface area contributed by atoms with Gasteiger partial charge >= 0.3 is 0 Å². The third kappa shape index (κ3) is 4.46. The summed E-state index contributed by atoms with van der Waals surface area (Å²) in [6, 6.07) is 0.935. The summed E-state index contributed by atoms with van der Waals surface area (Å²) in [5.41, 5.74) is 6.15. The van der Waals surface area contributed by atoms with Crippen LogP contribution in [0.1, 0.15) is 71.6 Å². The van der Waals surface area contributed by atoms with Crippen LogP contribution < -0.4 is 5.73 Å². The lowest BCUT2D eigenvalue weighted by Gasteiger charge is -2.30. The SMILES string of the molecule is CC(C)(CN)CCCCN1CCCC1C1CCCC1. The predicted molar refractivity (Wildman–Crippen MR) is 83.2 cm³/mol. The average molecular weight is 266 g/mol. The lowest BCUT2D eigenvalue weighted by Crippen LogP contribution is -2.35. The van der Waals surface area contributed by atoms with Crippen LogP contribution in [0.3, 0.4) is 0 Å². The molecule has 1 atom stereocenters. The lowest BCUT2D eigenvalue weighted by molar-refractivity contribution is 0.184. The minimum Gasteiger partial charge on any atom is -0.330 e. The van der Waals surface area contributed by atoms with Gasteiger partial charge in [0.25, 0.3) is 0 Å². The maximum Gasteiger partial charge on any atom is 0.0124 e. The van der Waals surface area contributed by atoms with Crippen LogP contribution in [0, 0.1) is 11.3 Å². The Balaban J connectivity index is 1.67. The molecular weight excluding hydrogens is 232 g/mol. The summed E-state index contributed by atoms with van der Waals surface area (Å²) in [4.78, 5) is 2.81. The molecule has 1 saturated carbocycles. The van der Waals surface area contributed by atoms with Gasteiger partial charge in [-0.25, -0.2) is 0 Å². The van der Waals surface area contributed by atoms with E-state index in [1.54, 1.807) is 0 Å². The fraction of sp³-hybridized carbons (Fsp3) is 1.00. The fourth-order valence-electron chi connectivity index (χ4n) is 4.03. The Hall–Kier alpha value is -0.0800. The van der Waals surface area contributed by atoms with Crippen LogP contribution in [0.4, 0.5) is 0 Å². The van der Waals surface area contributed by atoms with Crippen LogP contribution in [0.5, 0.6) is 0 Å².